The smallest absolute Gasteiger partial charge is 0.407 e. The fraction of sp³-hybridized carbons (Fsp3) is 0.811. The third-order valence-electron chi connectivity index (χ3n) is 14.4. The van der Waals surface area contributed by atoms with Crippen molar-refractivity contribution in [3.63, 3.8) is 0 Å². The summed E-state index contributed by atoms with van der Waals surface area (Å²) in [5.74, 6) is -0.857. The van der Waals surface area contributed by atoms with Crippen molar-refractivity contribution in [1.29, 1.82) is 0 Å². The molecule has 0 atom stereocenters. The van der Waals surface area contributed by atoms with Gasteiger partial charge >= 0.3 is 12.1 Å². The van der Waals surface area contributed by atoms with Crippen LogP contribution in [-0.4, -0.2) is 400 Å². The lowest BCUT2D eigenvalue weighted by molar-refractivity contribution is -0.138. The SMILES string of the molecule is O=C(O)CCOCCOCCOCCOCCOCCOCCOCCOCCOCCOCCOCCOCCOCCOCCOCCOCCOCCOCCOCCOCCOCCOCCOCCOCCOCCOCCOCCOCCNC(=O)OCC1c2ccccc2-c2ccccc21. The molecule has 1 aliphatic carbocycles. The van der Waals surface area contributed by atoms with Crippen LogP contribution in [0.15, 0.2) is 48.5 Å². The topological polar surface area (TPSA) is 334 Å². The lowest BCUT2D eigenvalue weighted by Gasteiger charge is -2.14. The summed E-state index contributed by atoms with van der Waals surface area (Å²) in [6, 6.07) is 16.5. The molecule has 0 radical (unpaired) electrons. The highest BCUT2D eigenvalue weighted by Gasteiger charge is 2.29. The van der Waals surface area contributed by atoms with E-state index in [2.05, 4.69) is 29.6 Å². The number of hydrogen-bond donors (Lipinski definition) is 2. The third kappa shape index (κ3) is 65.3. The number of amides is 1. The molecule has 0 spiro atoms. The maximum absolute atomic E-state index is 12.3. The van der Waals surface area contributed by atoms with Crippen LogP contribution in [0.4, 0.5) is 4.79 Å². The predicted octanol–water partition coefficient (Wildman–Crippen LogP) is 3.46. The Hall–Kier alpha value is -3.94. The lowest BCUT2D eigenvalue weighted by Crippen LogP contribution is -2.29. The number of carboxylic acid groups (broad SMARTS) is 1. The van der Waals surface area contributed by atoms with Crippen LogP contribution in [-0.2, 0) is 142 Å². The molecule has 2 aromatic rings. The average Bonchev–Trinajstić information content (AvgIpc) is 1.62. The van der Waals surface area contributed by atoms with Crippen molar-refractivity contribution >= 4 is 12.1 Å². The van der Waals surface area contributed by atoms with Gasteiger partial charge in [-0.25, -0.2) is 4.79 Å². The second kappa shape index (κ2) is 80.1. The van der Waals surface area contributed by atoms with Gasteiger partial charge < -0.3 is 148 Å². The van der Waals surface area contributed by atoms with Crippen LogP contribution in [0.2, 0.25) is 0 Å². The van der Waals surface area contributed by atoms with E-state index >= 15 is 0 Å². The van der Waals surface area contributed by atoms with E-state index in [0.717, 1.165) is 0 Å². The first-order valence-corrected chi connectivity index (χ1v) is 37.6. The molecule has 0 aromatic heterocycles. The summed E-state index contributed by atoms with van der Waals surface area (Å²) in [7, 11) is 0. The van der Waals surface area contributed by atoms with Gasteiger partial charge in [-0.3, -0.25) is 4.79 Å². The van der Waals surface area contributed by atoms with E-state index in [9.17, 15) is 9.59 Å². The molecule has 622 valence electrons. The van der Waals surface area contributed by atoms with E-state index < -0.39 is 12.1 Å². The molecule has 2 aromatic carbocycles. The maximum Gasteiger partial charge on any atom is 0.407 e. The number of hydrogen-bond acceptors (Lipinski definition) is 31. The highest BCUT2D eigenvalue weighted by atomic mass is 16.6. The van der Waals surface area contributed by atoms with E-state index in [-0.39, 0.29) is 25.6 Å². The minimum absolute atomic E-state index is 0.0121. The zero-order chi connectivity index (χ0) is 75.6. The monoisotopic (exact) mass is 1540 g/mol. The minimum Gasteiger partial charge on any atom is -0.481 e. The number of alkyl carbamates (subject to hydrolysis) is 1. The first-order chi connectivity index (χ1) is 53.2. The van der Waals surface area contributed by atoms with Gasteiger partial charge in [-0.2, -0.15) is 0 Å². The standard InChI is InChI=1S/C74H129NO32/c76-73(77)9-11-79-13-15-81-17-19-83-21-23-85-25-27-87-29-31-89-33-35-91-37-39-93-41-43-95-45-47-97-49-51-99-53-55-101-57-59-103-61-63-105-65-66-106-64-62-104-60-58-102-56-54-100-52-50-98-48-46-96-44-42-94-40-38-92-36-34-90-32-30-88-28-26-86-24-22-84-20-18-82-16-14-80-12-10-75-74(78)107-67-72-70-7-3-1-5-68(70)69-6-2-4-8-71(69)72/h1-8,72H,9-67H2,(H,75,78)(H,76,77). The Kier molecular flexibility index (Phi) is 72.8. The second-order valence-electron chi connectivity index (χ2n) is 22.5. The summed E-state index contributed by atoms with van der Waals surface area (Å²) >= 11 is 0. The van der Waals surface area contributed by atoms with Crippen LogP contribution in [0.25, 0.3) is 11.1 Å². The van der Waals surface area contributed by atoms with Crippen molar-refractivity contribution in [2.45, 2.75) is 12.3 Å². The quantitative estimate of drug-likeness (QED) is 0.0895. The normalized spacial score (nSPS) is 12.1. The largest absolute Gasteiger partial charge is 0.481 e. The molecule has 1 aliphatic rings. The van der Waals surface area contributed by atoms with Gasteiger partial charge in [0, 0.05) is 12.5 Å². The van der Waals surface area contributed by atoms with Crippen LogP contribution >= 0.6 is 0 Å². The van der Waals surface area contributed by atoms with Crippen LogP contribution < -0.4 is 5.32 Å². The third-order valence-corrected chi connectivity index (χ3v) is 14.4. The van der Waals surface area contributed by atoms with Crippen molar-refractivity contribution < 1.29 is 152 Å². The minimum atomic E-state index is -0.881. The summed E-state index contributed by atoms with van der Waals surface area (Å²) in [6.45, 7) is 26.3. The molecule has 0 saturated carbocycles. The summed E-state index contributed by atoms with van der Waals surface area (Å²) in [5.41, 5.74) is 4.74. The van der Waals surface area contributed by atoms with Crippen LogP contribution in [0, 0.1) is 0 Å². The van der Waals surface area contributed by atoms with Crippen molar-refractivity contribution in [3.05, 3.63) is 59.7 Å². The summed E-state index contributed by atoms with van der Waals surface area (Å²) in [6.07, 6.45) is -0.473. The van der Waals surface area contributed by atoms with Gasteiger partial charge in [0.05, 0.1) is 376 Å². The predicted molar refractivity (Wildman–Crippen MR) is 388 cm³/mol. The Balaban J connectivity index is 0.836. The number of carbonyl (C=O) groups excluding carboxylic acids is 1. The molecule has 0 heterocycles. The second-order valence-corrected chi connectivity index (χ2v) is 22.5. The average molecular weight is 1540 g/mol. The molecule has 0 bridgehead atoms. The molecule has 2 N–H and O–H groups in total. The molecule has 0 unspecified atom stereocenters. The number of ether oxygens (including phenoxy) is 29. The summed E-state index contributed by atoms with van der Waals surface area (Å²) < 4.78 is 160. The maximum atomic E-state index is 12.3. The number of carboxylic acids is 1. The molecule has 33 heteroatoms. The van der Waals surface area contributed by atoms with Gasteiger partial charge in [-0.15, -0.1) is 0 Å². The molecule has 1 amide bonds. The van der Waals surface area contributed by atoms with E-state index in [1.165, 1.54) is 22.3 Å². The summed E-state index contributed by atoms with van der Waals surface area (Å²) in [5, 5.41) is 11.3. The van der Waals surface area contributed by atoms with Gasteiger partial charge in [-0.05, 0) is 22.3 Å². The zero-order valence-electron chi connectivity index (χ0n) is 63.5. The van der Waals surface area contributed by atoms with Gasteiger partial charge in [0.1, 0.15) is 6.61 Å². The van der Waals surface area contributed by atoms with Gasteiger partial charge in [0.25, 0.3) is 0 Å². The molecule has 0 aliphatic heterocycles. The Morgan fingerprint density at radius 2 is 0.393 bits per heavy atom. The number of benzene rings is 2. The molecular formula is C74H129NO32. The van der Waals surface area contributed by atoms with E-state index in [0.29, 0.717) is 370 Å². The molecular weight excluding hydrogens is 1410 g/mol. The van der Waals surface area contributed by atoms with Crippen LogP contribution in [0.5, 0.6) is 0 Å². The van der Waals surface area contributed by atoms with E-state index in [1.54, 1.807) is 0 Å². The molecule has 0 fully saturated rings. The molecule has 0 saturated heterocycles. The van der Waals surface area contributed by atoms with Crippen molar-refractivity contribution in [1.82, 2.24) is 5.32 Å². The number of carbonyl (C=O) groups is 2. The van der Waals surface area contributed by atoms with Crippen molar-refractivity contribution in [2.75, 3.05) is 383 Å². The number of fused-ring (bicyclic) bond motifs is 3. The lowest BCUT2D eigenvalue weighted by atomic mass is 9.98. The fourth-order valence-electron chi connectivity index (χ4n) is 9.07. The summed E-state index contributed by atoms with van der Waals surface area (Å²) in [4.78, 5) is 22.7. The molecule has 3 rings (SSSR count). The van der Waals surface area contributed by atoms with Crippen LogP contribution in [0.1, 0.15) is 23.5 Å². The van der Waals surface area contributed by atoms with Gasteiger partial charge in [0.15, 0.2) is 0 Å². The zero-order valence-corrected chi connectivity index (χ0v) is 63.5. The first kappa shape index (κ1) is 97.3. The van der Waals surface area contributed by atoms with Crippen LogP contribution in [0.3, 0.4) is 0 Å². The highest BCUT2D eigenvalue weighted by Crippen LogP contribution is 2.44. The molecule has 107 heavy (non-hydrogen) atoms. The van der Waals surface area contributed by atoms with E-state index in [4.69, 9.17) is 142 Å². The Morgan fingerprint density at radius 1 is 0.234 bits per heavy atom. The Bertz CT molecular complexity index is 2140. The first-order valence-electron chi connectivity index (χ1n) is 37.6. The fourth-order valence-corrected chi connectivity index (χ4v) is 9.07. The number of nitrogens with one attached hydrogen (secondary N) is 1. The Labute approximate surface area is 633 Å². The van der Waals surface area contributed by atoms with Crippen molar-refractivity contribution in [2.24, 2.45) is 0 Å². The van der Waals surface area contributed by atoms with E-state index in [1.807, 2.05) is 24.3 Å². The molecule has 33 nitrogen and oxygen atoms in total. The van der Waals surface area contributed by atoms with Crippen molar-refractivity contribution in [3.8, 4) is 11.1 Å². The van der Waals surface area contributed by atoms with Gasteiger partial charge in [0.2, 0.25) is 0 Å². The number of aliphatic carboxylic acids is 1. The number of rotatable bonds is 89. The Morgan fingerprint density at radius 3 is 0.570 bits per heavy atom. The van der Waals surface area contributed by atoms with Gasteiger partial charge in [-0.1, -0.05) is 48.5 Å². The highest BCUT2D eigenvalue weighted by molar-refractivity contribution is 5.79.